The fourth-order valence-corrected chi connectivity index (χ4v) is 3.88. The fourth-order valence-electron chi connectivity index (χ4n) is 2.70. The number of carbonyl (C=O) groups is 1. The third-order valence-corrected chi connectivity index (χ3v) is 5.37. The predicted molar refractivity (Wildman–Crippen MR) is 98.9 cm³/mol. The molecular formula is C17H15BrFN3O2S. The highest BCUT2D eigenvalue weighted by Crippen LogP contribution is 2.34. The quantitative estimate of drug-likeness (QED) is 0.734. The average molecular weight is 424 g/mol. The monoisotopic (exact) mass is 423 g/mol. The van der Waals surface area contributed by atoms with Crippen molar-refractivity contribution in [1.82, 2.24) is 10.3 Å². The molecule has 2 N–H and O–H groups in total. The van der Waals surface area contributed by atoms with Crippen molar-refractivity contribution in [2.24, 2.45) is 4.99 Å². The second-order valence-corrected chi connectivity index (χ2v) is 7.05. The molecule has 25 heavy (non-hydrogen) atoms. The minimum atomic E-state index is -1.06. The molecule has 0 amide bonds. The first-order valence-electron chi connectivity index (χ1n) is 7.46. The number of nitrogens with zero attached hydrogens (tertiary/aromatic N) is 2. The van der Waals surface area contributed by atoms with Crippen LogP contribution in [0.3, 0.4) is 0 Å². The highest BCUT2D eigenvalue weighted by atomic mass is 79.9. The number of aryl methyl sites for hydroxylation is 2. The SMILES string of the molecule is Cc1csc(C2=N[C@H](c3ccc(F)cc3C)C(C(=O)O)=C(CBr)N2)n1. The van der Waals surface area contributed by atoms with Crippen molar-refractivity contribution in [2.75, 3.05) is 5.33 Å². The Bertz CT molecular complexity index is 907. The van der Waals surface area contributed by atoms with Crippen LogP contribution in [0, 0.1) is 19.7 Å². The zero-order chi connectivity index (χ0) is 18.1. The van der Waals surface area contributed by atoms with Crippen molar-refractivity contribution >= 4 is 39.1 Å². The molecule has 1 atom stereocenters. The number of aromatic nitrogens is 1. The van der Waals surface area contributed by atoms with Crippen LogP contribution >= 0.6 is 27.3 Å². The van der Waals surface area contributed by atoms with Crippen LogP contribution in [0.25, 0.3) is 0 Å². The molecule has 0 saturated carbocycles. The smallest absolute Gasteiger partial charge is 0.335 e. The van der Waals surface area contributed by atoms with Crippen molar-refractivity contribution in [1.29, 1.82) is 0 Å². The summed E-state index contributed by atoms with van der Waals surface area (Å²) in [5, 5.41) is 15.7. The van der Waals surface area contributed by atoms with Gasteiger partial charge >= 0.3 is 5.97 Å². The molecule has 0 saturated heterocycles. The number of nitrogens with one attached hydrogen (secondary N) is 1. The Morgan fingerprint density at radius 3 is 2.76 bits per heavy atom. The summed E-state index contributed by atoms with van der Waals surface area (Å²) in [6.45, 7) is 3.63. The van der Waals surface area contributed by atoms with Crippen LogP contribution in [-0.2, 0) is 4.79 Å². The maximum absolute atomic E-state index is 13.5. The lowest BCUT2D eigenvalue weighted by molar-refractivity contribution is -0.133. The first kappa shape index (κ1) is 17.8. The van der Waals surface area contributed by atoms with Gasteiger partial charge in [0.1, 0.15) is 11.9 Å². The molecule has 130 valence electrons. The third kappa shape index (κ3) is 3.50. The topological polar surface area (TPSA) is 74.6 Å². The molecular weight excluding hydrogens is 409 g/mol. The zero-order valence-electron chi connectivity index (χ0n) is 13.5. The minimum Gasteiger partial charge on any atom is -0.478 e. The van der Waals surface area contributed by atoms with Crippen LogP contribution < -0.4 is 5.32 Å². The van der Waals surface area contributed by atoms with Gasteiger partial charge in [-0.25, -0.2) is 14.2 Å². The number of rotatable bonds is 4. The number of benzene rings is 1. The molecule has 0 bridgehead atoms. The van der Waals surface area contributed by atoms with Crippen molar-refractivity contribution in [3.63, 3.8) is 0 Å². The van der Waals surface area contributed by atoms with Crippen LogP contribution in [-0.4, -0.2) is 27.2 Å². The van der Waals surface area contributed by atoms with Gasteiger partial charge in [0.05, 0.1) is 5.57 Å². The molecule has 8 heteroatoms. The van der Waals surface area contributed by atoms with E-state index in [0.717, 1.165) is 5.69 Å². The van der Waals surface area contributed by atoms with Crippen molar-refractivity contribution < 1.29 is 14.3 Å². The number of allylic oxidation sites excluding steroid dienone is 1. The number of aliphatic carboxylic acids is 1. The van der Waals surface area contributed by atoms with E-state index in [-0.39, 0.29) is 11.4 Å². The molecule has 2 heterocycles. The Morgan fingerprint density at radius 2 is 2.20 bits per heavy atom. The molecule has 1 aromatic heterocycles. The molecule has 1 aromatic carbocycles. The van der Waals surface area contributed by atoms with Gasteiger partial charge in [-0.05, 0) is 37.1 Å². The van der Waals surface area contributed by atoms with Gasteiger partial charge in [0.25, 0.3) is 0 Å². The second-order valence-electron chi connectivity index (χ2n) is 5.63. The van der Waals surface area contributed by atoms with Crippen molar-refractivity contribution in [3.8, 4) is 0 Å². The Balaban J connectivity index is 2.16. The Morgan fingerprint density at radius 1 is 1.44 bits per heavy atom. The van der Waals surface area contributed by atoms with Crippen molar-refractivity contribution in [2.45, 2.75) is 19.9 Å². The lowest BCUT2D eigenvalue weighted by atomic mass is 9.93. The summed E-state index contributed by atoms with van der Waals surface area (Å²) in [7, 11) is 0. The Kier molecular flexibility index (Phi) is 5.01. The zero-order valence-corrected chi connectivity index (χ0v) is 15.9. The van der Waals surface area contributed by atoms with E-state index >= 15 is 0 Å². The predicted octanol–water partition coefficient (Wildman–Crippen LogP) is 3.72. The lowest BCUT2D eigenvalue weighted by Crippen LogP contribution is -2.34. The van der Waals surface area contributed by atoms with Gasteiger partial charge in [0, 0.05) is 22.1 Å². The molecule has 0 radical (unpaired) electrons. The molecule has 0 unspecified atom stereocenters. The highest BCUT2D eigenvalue weighted by molar-refractivity contribution is 9.09. The average Bonchev–Trinajstić information content (AvgIpc) is 3.00. The molecule has 2 aromatic rings. The summed E-state index contributed by atoms with van der Waals surface area (Å²) in [6, 6.07) is 3.56. The summed E-state index contributed by atoms with van der Waals surface area (Å²) >= 11 is 4.77. The van der Waals surface area contributed by atoms with Gasteiger partial charge in [-0.3, -0.25) is 4.99 Å². The summed E-state index contributed by atoms with van der Waals surface area (Å²) in [5.74, 6) is -0.906. The van der Waals surface area contributed by atoms with Crippen LogP contribution in [0.1, 0.15) is 27.9 Å². The second kappa shape index (κ2) is 7.05. The van der Waals surface area contributed by atoms with E-state index in [9.17, 15) is 14.3 Å². The van der Waals surface area contributed by atoms with Crippen LogP contribution in [0.5, 0.6) is 0 Å². The van der Waals surface area contributed by atoms with Gasteiger partial charge in [0.2, 0.25) is 0 Å². The summed E-state index contributed by atoms with van der Waals surface area (Å²) < 4.78 is 13.5. The largest absolute Gasteiger partial charge is 0.478 e. The minimum absolute atomic E-state index is 0.142. The van der Waals surface area contributed by atoms with Gasteiger partial charge in [-0.15, -0.1) is 11.3 Å². The molecule has 3 rings (SSSR count). The van der Waals surface area contributed by atoms with Gasteiger partial charge < -0.3 is 10.4 Å². The van der Waals surface area contributed by atoms with E-state index in [1.165, 1.54) is 23.5 Å². The number of halogens is 2. The van der Waals surface area contributed by atoms with E-state index in [2.05, 4.69) is 31.2 Å². The van der Waals surface area contributed by atoms with Gasteiger partial charge in [-0.2, -0.15) is 0 Å². The number of alkyl halides is 1. The molecule has 0 fully saturated rings. The van der Waals surface area contributed by atoms with E-state index in [1.807, 2.05) is 12.3 Å². The number of aliphatic imine (C=N–C) groups is 1. The lowest BCUT2D eigenvalue weighted by Gasteiger charge is -2.26. The number of amidine groups is 1. The number of thiazole rings is 1. The summed E-state index contributed by atoms with van der Waals surface area (Å²) in [5.41, 5.74) is 2.83. The Labute approximate surface area is 156 Å². The first-order chi connectivity index (χ1) is 11.9. The summed E-state index contributed by atoms with van der Waals surface area (Å²) in [4.78, 5) is 20.9. The van der Waals surface area contributed by atoms with E-state index < -0.39 is 12.0 Å². The normalized spacial score (nSPS) is 17.3. The van der Waals surface area contributed by atoms with Gasteiger partial charge in [-0.1, -0.05) is 22.0 Å². The number of hydrogen-bond donors (Lipinski definition) is 2. The first-order valence-corrected chi connectivity index (χ1v) is 9.46. The standard InChI is InChI=1S/C17H15BrFN3O2S/c1-8-5-10(19)3-4-11(8)14-13(17(23)24)12(6-18)21-15(22-14)16-20-9(2)7-25-16/h3-5,7,14H,6H2,1-2H3,(H,21,22)(H,23,24)/t14-/m1/s1. The highest BCUT2D eigenvalue weighted by Gasteiger charge is 2.32. The van der Waals surface area contributed by atoms with Crippen molar-refractivity contribution in [3.05, 3.63) is 62.5 Å². The van der Waals surface area contributed by atoms with Crippen LogP contribution in [0.2, 0.25) is 0 Å². The molecule has 1 aliphatic heterocycles. The van der Waals surface area contributed by atoms with E-state index in [4.69, 9.17) is 0 Å². The Hall–Kier alpha value is -2.06. The maximum Gasteiger partial charge on any atom is 0.335 e. The molecule has 5 nitrogen and oxygen atoms in total. The summed E-state index contributed by atoms with van der Waals surface area (Å²) in [6.07, 6.45) is 0. The third-order valence-electron chi connectivity index (χ3n) is 3.84. The van der Waals surface area contributed by atoms with Crippen LogP contribution in [0.4, 0.5) is 4.39 Å². The number of carboxylic acids is 1. The van der Waals surface area contributed by atoms with Gasteiger partial charge in [0.15, 0.2) is 10.8 Å². The maximum atomic E-state index is 13.5. The number of hydrogen-bond acceptors (Lipinski definition) is 5. The molecule has 0 aliphatic carbocycles. The molecule has 0 spiro atoms. The van der Waals surface area contributed by atoms with E-state index in [0.29, 0.717) is 33.0 Å². The fraction of sp³-hybridized carbons (Fsp3) is 0.235. The van der Waals surface area contributed by atoms with Crippen LogP contribution in [0.15, 0.2) is 39.8 Å². The molecule has 1 aliphatic rings. The number of carboxylic acid groups (broad SMARTS) is 1. The van der Waals surface area contributed by atoms with E-state index in [1.54, 1.807) is 13.0 Å².